The molecule has 1 fully saturated rings. The molecule has 5 rings (SSSR count). The molecule has 0 heterocycles. The van der Waals surface area contributed by atoms with Gasteiger partial charge < -0.3 is 4.74 Å². The lowest BCUT2D eigenvalue weighted by Gasteiger charge is -2.42. The first kappa shape index (κ1) is 24.9. The van der Waals surface area contributed by atoms with Crippen LogP contribution in [-0.2, 0) is 11.8 Å². The number of methoxy groups -OCH3 is 1. The second-order valence-electron chi connectivity index (χ2n) is 11.8. The molecule has 2 bridgehead atoms. The van der Waals surface area contributed by atoms with Gasteiger partial charge in [0.25, 0.3) is 0 Å². The van der Waals surface area contributed by atoms with Crippen LogP contribution in [0.5, 0.6) is 5.75 Å². The van der Waals surface area contributed by atoms with Gasteiger partial charge in [0, 0.05) is 23.2 Å². The van der Waals surface area contributed by atoms with Crippen LogP contribution in [0.25, 0.3) is 0 Å². The van der Waals surface area contributed by atoms with Crippen LogP contribution < -0.4 is 4.74 Å². The second-order valence-corrected chi connectivity index (χ2v) is 11.8. The van der Waals surface area contributed by atoms with Crippen molar-refractivity contribution in [2.75, 3.05) is 7.11 Å². The summed E-state index contributed by atoms with van der Waals surface area (Å²) < 4.78 is 5.82. The van der Waals surface area contributed by atoms with E-state index in [9.17, 15) is 0 Å². The molecule has 0 aliphatic heterocycles. The van der Waals surface area contributed by atoms with E-state index in [1.807, 2.05) is 0 Å². The van der Waals surface area contributed by atoms with Crippen LogP contribution in [-0.4, -0.2) is 7.11 Å². The molecule has 0 radical (unpaired) electrons. The highest BCUT2D eigenvalue weighted by Crippen LogP contribution is 2.67. The van der Waals surface area contributed by atoms with E-state index in [0.717, 1.165) is 31.4 Å². The highest BCUT2D eigenvalue weighted by molar-refractivity contribution is 5.58. The van der Waals surface area contributed by atoms with Crippen molar-refractivity contribution in [1.29, 1.82) is 0 Å². The monoisotopic (exact) mass is 478 g/mol. The molecule has 1 heteroatoms. The Morgan fingerprint density at radius 3 is 2.61 bits per heavy atom. The Labute approximate surface area is 218 Å². The van der Waals surface area contributed by atoms with Gasteiger partial charge in [0.05, 0.1) is 7.11 Å². The molecular weight excluding hydrogens is 436 g/mol. The Morgan fingerprint density at radius 2 is 1.92 bits per heavy atom. The smallest absolute Gasteiger partial charge is 0.122 e. The Morgan fingerprint density at radius 1 is 1.17 bits per heavy atom. The van der Waals surface area contributed by atoms with E-state index in [1.54, 1.807) is 12.7 Å². The van der Waals surface area contributed by atoms with Crippen molar-refractivity contribution in [3.63, 3.8) is 0 Å². The zero-order valence-corrected chi connectivity index (χ0v) is 22.9. The van der Waals surface area contributed by atoms with Crippen LogP contribution >= 0.6 is 0 Å². The fourth-order valence-corrected chi connectivity index (χ4v) is 7.74. The number of fused-ring (bicyclic) bond motifs is 7. The number of ether oxygens (including phenoxy) is 1. The fraction of sp³-hybridized carbons (Fsp3) is 0.429. The molecule has 188 valence electrons. The summed E-state index contributed by atoms with van der Waals surface area (Å²) in [6.45, 7) is 22.6. The average Bonchev–Trinajstić information content (AvgIpc) is 3.29. The number of rotatable bonds is 8. The van der Waals surface area contributed by atoms with Crippen LogP contribution in [0, 0.1) is 17.8 Å². The SMILES string of the molecule is C=C(C)CCc1ccc([C@@H](C)[C@@H]2CC3=CC4(C)c5ccccc5C(C3C2=C)C4C(=C)CC)cc1OC. The maximum Gasteiger partial charge on any atom is 0.122 e. The van der Waals surface area contributed by atoms with Gasteiger partial charge in [-0.05, 0) is 72.8 Å². The van der Waals surface area contributed by atoms with E-state index in [-0.39, 0.29) is 5.41 Å². The van der Waals surface area contributed by atoms with Crippen LogP contribution in [0.2, 0.25) is 0 Å². The minimum absolute atomic E-state index is 0.0345. The molecule has 2 aromatic rings. The van der Waals surface area contributed by atoms with Gasteiger partial charge in [-0.25, -0.2) is 0 Å². The minimum atomic E-state index is 0.0345. The molecule has 2 aromatic carbocycles. The first-order valence-corrected chi connectivity index (χ1v) is 13.7. The summed E-state index contributed by atoms with van der Waals surface area (Å²) >= 11 is 0. The van der Waals surface area contributed by atoms with Crippen molar-refractivity contribution in [3.8, 4) is 5.75 Å². The van der Waals surface area contributed by atoms with Crippen LogP contribution in [0.15, 0.2) is 90.6 Å². The van der Waals surface area contributed by atoms with E-state index in [1.165, 1.54) is 39.0 Å². The van der Waals surface area contributed by atoms with Crippen LogP contribution in [0.1, 0.15) is 81.0 Å². The highest BCUT2D eigenvalue weighted by atomic mass is 16.5. The third-order valence-electron chi connectivity index (χ3n) is 9.64. The minimum Gasteiger partial charge on any atom is -0.496 e. The molecule has 6 atom stereocenters. The molecule has 0 aromatic heterocycles. The zero-order chi connectivity index (χ0) is 25.8. The van der Waals surface area contributed by atoms with Gasteiger partial charge in [-0.15, -0.1) is 6.58 Å². The summed E-state index contributed by atoms with van der Waals surface area (Å²) in [7, 11) is 1.79. The van der Waals surface area contributed by atoms with Gasteiger partial charge in [0.2, 0.25) is 0 Å². The summed E-state index contributed by atoms with van der Waals surface area (Å²) in [5.74, 6) is 3.16. The van der Waals surface area contributed by atoms with E-state index < -0.39 is 0 Å². The quantitative estimate of drug-likeness (QED) is 0.344. The molecule has 1 saturated carbocycles. The second kappa shape index (κ2) is 9.25. The Kier molecular flexibility index (Phi) is 6.39. The zero-order valence-electron chi connectivity index (χ0n) is 22.9. The normalized spacial score (nSPS) is 28.8. The molecule has 0 spiro atoms. The van der Waals surface area contributed by atoms with E-state index in [0.29, 0.717) is 29.6 Å². The molecule has 0 N–H and O–H groups in total. The third kappa shape index (κ3) is 3.74. The predicted molar refractivity (Wildman–Crippen MR) is 153 cm³/mol. The molecule has 1 nitrogen and oxygen atoms in total. The lowest BCUT2D eigenvalue weighted by molar-refractivity contribution is 0.320. The number of benzene rings is 2. The maximum absolute atomic E-state index is 5.82. The Balaban J connectivity index is 1.48. The molecule has 36 heavy (non-hydrogen) atoms. The van der Waals surface area contributed by atoms with Crippen molar-refractivity contribution >= 4 is 0 Å². The van der Waals surface area contributed by atoms with E-state index >= 15 is 0 Å². The summed E-state index contributed by atoms with van der Waals surface area (Å²) in [5, 5.41) is 0. The van der Waals surface area contributed by atoms with Crippen molar-refractivity contribution in [1.82, 2.24) is 0 Å². The molecule has 0 amide bonds. The maximum atomic E-state index is 5.82. The molecule has 3 aliphatic carbocycles. The van der Waals surface area contributed by atoms with Crippen molar-refractivity contribution in [2.45, 2.75) is 70.6 Å². The van der Waals surface area contributed by atoms with Crippen LogP contribution in [0.3, 0.4) is 0 Å². The largest absolute Gasteiger partial charge is 0.496 e. The average molecular weight is 479 g/mol. The summed E-state index contributed by atoms with van der Waals surface area (Å²) in [6, 6.07) is 16.0. The topological polar surface area (TPSA) is 9.23 Å². The van der Waals surface area contributed by atoms with Gasteiger partial charge in [-0.2, -0.15) is 0 Å². The third-order valence-corrected chi connectivity index (χ3v) is 9.64. The van der Waals surface area contributed by atoms with Gasteiger partial charge in [-0.3, -0.25) is 0 Å². The first-order chi connectivity index (χ1) is 17.2. The number of aryl methyl sites for hydroxylation is 1. The molecular formula is C35H42O. The van der Waals surface area contributed by atoms with E-state index in [4.69, 9.17) is 11.3 Å². The predicted octanol–water partition coefficient (Wildman–Crippen LogP) is 9.08. The van der Waals surface area contributed by atoms with Gasteiger partial charge >= 0.3 is 0 Å². The van der Waals surface area contributed by atoms with Gasteiger partial charge in [0.1, 0.15) is 5.75 Å². The number of allylic oxidation sites excluding steroid dienone is 5. The van der Waals surface area contributed by atoms with Gasteiger partial charge in [0.15, 0.2) is 0 Å². The summed E-state index contributed by atoms with van der Waals surface area (Å²) in [5.41, 5.74) is 11.3. The molecule has 0 saturated heterocycles. The Bertz CT molecular complexity index is 1260. The van der Waals surface area contributed by atoms with Crippen molar-refractivity contribution in [3.05, 3.63) is 113 Å². The van der Waals surface area contributed by atoms with Crippen molar-refractivity contribution < 1.29 is 4.74 Å². The fourth-order valence-electron chi connectivity index (χ4n) is 7.74. The van der Waals surface area contributed by atoms with Crippen LogP contribution in [0.4, 0.5) is 0 Å². The molecule has 3 aliphatic rings. The Hall–Kier alpha value is -2.80. The number of hydrogen-bond donors (Lipinski definition) is 0. The van der Waals surface area contributed by atoms with Crippen molar-refractivity contribution in [2.24, 2.45) is 17.8 Å². The summed E-state index contributed by atoms with van der Waals surface area (Å²) in [4.78, 5) is 0. The first-order valence-electron chi connectivity index (χ1n) is 13.7. The highest BCUT2D eigenvalue weighted by Gasteiger charge is 2.57. The standard InChI is InChI=1S/C35H42O/c1-9-22(4)34-33-28-12-10-11-13-30(28)35(34,7)20-27-18-29(24(6)32(27)33)23(5)26-17-16-25(15-14-21(2)3)31(19-26)36-8/h10-13,16-17,19-20,23,29,32-34H,2,4,6,9,14-15,18H2,1,3,5,7-8H3/t23-,29+,32?,33?,34?,35?/m1/s1. The molecule has 4 unspecified atom stereocenters. The lowest BCUT2D eigenvalue weighted by Crippen LogP contribution is -2.35. The van der Waals surface area contributed by atoms with E-state index in [2.05, 4.69) is 89.4 Å². The summed E-state index contributed by atoms with van der Waals surface area (Å²) in [6.07, 6.45) is 6.73. The number of hydrogen-bond acceptors (Lipinski definition) is 1. The van der Waals surface area contributed by atoms with Gasteiger partial charge in [-0.1, -0.05) is 98.7 Å². The lowest BCUT2D eigenvalue weighted by atomic mass is 9.61.